The zero-order valence-electron chi connectivity index (χ0n) is 14.8. The van der Waals surface area contributed by atoms with Crippen molar-refractivity contribution in [3.63, 3.8) is 0 Å². The maximum atomic E-state index is 6.30. The van der Waals surface area contributed by atoms with Crippen LogP contribution in [0.25, 0.3) is 0 Å². The number of nitrogen functional groups attached to an aromatic ring is 1. The number of para-hydroxylation sites is 1. The van der Waals surface area contributed by atoms with Gasteiger partial charge in [-0.25, -0.2) is 9.97 Å². The Morgan fingerprint density at radius 3 is 2.24 bits per heavy atom. The van der Waals surface area contributed by atoms with E-state index in [0.29, 0.717) is 17.3 Å². The van der Waals surface area contributed by atoms with Gasteiger partial charge >= 0.3 is 0 Å². The summed E-state index contributed by atoms with van der Waals surface area (Å²) < 4.78 is 0. The molecular formula is C20H23N5. The molecule has 0 spiro atoms. The molecule has 128 valence electrons. The quantitative estimate of drug-likeness (QED) is 0.629. The minimum absolute atomic E-state index is 0.493. The van der Waals surface area contributed by atoms with E-state index in [1.165, 1.54) is 23.0 Å². The van der Waals surface area contributed by atoms with Gasteiger partial charge in [0.15, 0.2) is 11.6 Å². The second kappa shape index (κ2) is 7.21. The number of nitrogens with zero attached hydrogens (tertiary/aromatic N) is 2. The molecule has 1 aromatic heterocycles. The van der Waals surface area contributed by atoms with Crippen LogP contribution in [0.2, 0.25) is 0 Å². The average Bonchev–Trinajstić information content (AvgIpc) is 2.58. The number of nitrogens with two attached hydrogens (primary N) is 1. The molecule has 0 atom stereocenters. The van der Waals surface area contributed by atoms with Gasteiger partial charge in [0.2, 0.25) is 0 Å². The monoisotopic (exact) mass is 333 g/mol. The largest absolute Gasteiger partial charge is 0.393 e. The fourth-order valence-corrected chi connectivity index (χ4v) is 2.86. The number of hydrogen-bond acceptors (Lipinski definition) is 5. The first-order valence-corrected chi connectivity index (χ1v) is 8.37. The van der Waals surface area contributed by atoms with Crippen LogP contribution in [0.4, 0.5) is 28.7 Å². The molecule has 4 N–H and O–H groups in total. The minimum Gasteiger partial charge on any atom is -0.393 e. The van der Waals surface area contributed by atoms with E-state index in [0.717, 1.165) is 17.8 Å². The van der Waals surface area contributed by atoms with Gasteiger partial charge in [0.05, 0.1) is 0 Å². The molecule has 1 heterocycles. The summed E-state index contributed by atoms with van der Waals surface area (Å²) in [5.74, 6) is 1.19. The summed E-state index contributed by atoms with van der Waals surface area (Å²) in [4.78, 5) is 8.59. The van der Waals surface area contributed by atoms with Gasteiger partial charge in [-0.2, -0.15) is 0 Å². The van der Waals surface area contributed by atoms with Crippen molar-refractivity contribution >= 4 is 28.7 Å². The molecule has 0 unspecified atom stereocenters. The normalized spacial score (nSPS) is 10.5. The van der Waals surface area contributed by atoms with Crippen LogP contribution in [-0.2, 0) is 6.42 Å². The van der Waals surface area contributed by atoms with Crippen LogP contribution in [-0.4, -0.2) is 9.97 Å². The van der Waals surface area contributed by atoms with E-state index in [-0.39, 0.29) is 0 Å². The topological polar surface area (TPSA) is 75.9 Å². The number of benzene rings is 2. The van der Waals surface area contributed by atoms with E-state index < -0.39 is 0 Å². The van der Waals surface area contributed by atoms with E-state index in [1.807, 2.05) is 18.2 Å². The first-order valence-electron chi connectivity index (χ1n) is 8.37. The highest BCUT2D eigenvalue weighted by atomic mass is 15.1. The Labute approximate surface area is 148 Å². The number of hydrogen-bond donors (Lipinski definition) is 3. The maximum Gasteiger partial charge on any atom is 0.159 e. The lowest BCUT2D eigenvalue weighted by Gasteiger charge is -2.15. The Morgan fingerprint density at radius 1 is 0.920 bits per heavy atom. The van der Waals surface area contributed by atoms with Gasteiger partial charge < -0.3 is 16.4 Å². The predicted octanol–water partition coefficient (Wildman–Crippen LogP) is 4.73. The van der Waals surface area contributed by atoms with Gasteiger partial charge in [0.1, 0.15) is 12.0 Å². The molecule has 0 fully saturated rings. The number of rotatable bonds is 5. The molecule has 3 rings (SSSR count). The molecule has 3 aromatic rings. The standard InChI is InChI=1S/C20H23N5/c1-4-15-7-5-6-8-17(15)25-20-18(21)19(22-12-23-20)24-16-10-13(2)9-14(3)11-16/h5-12H,4,21H2,1-3H3,(H2,22,23,24,25). The molecule has 0 aliphatic heterocycles. The molecule has 0 saturated carbocycles. The van der Waals surface area contributed by atoms with Crippen molar-refractivity contribution in [2.45, 2.75) is 27.2 Å². The number of anilines is 5. The van der Waals surface area contributed by atoms with E-state index in [9.17, 15) is 0 Å². The summed E-state index contributed by atoms with van der Waals surface area (Å²) in [7, 11) is 0. The summed E-state index contributed by atoms with van der Waals surface area (Å²) >= 11 is 0. The van der Waals surface area contributed by atoms with E-state index >= 15 is 0 Å². The second-order valence-electron chi connectivity index (χ2n) is 6.12. The molecule has 5 heteroatoms. The highest BCUT2D eigenvalue weighted by Gasteiger charge is 2.10. The highest BCUT2D eigenvalue weighted by molar-refractivity contribution is 5.80. The van der Waals surface area contributed by atoms with Gasteiger partial charge in [0.25, 0.3) is 0 Å². The molecule has 5 nitrogen and oxygen atoms in total. The van der Waals surface area contributed by atoms with Gasteiger partial charge in [-0.3, -0.25) is 0 Å². The zero-order chi connectivity index (χ0) is 17.8. The molecule has 25 heavy (non-hydrogen) atoms. The van der Waals surface area contributed by atoms with Crippen LogP contribution >= 0.6 is 0 Å². The van der Waals surface area contributed by atoms with Crippen LogP contribution in [0.5, 0.6) is 0 Å². The van der Waals surface area contributed by atoms with E-state index in [4.69, 9.17) is 5.73 Å². The zero-order valence-corrected chi connectivity index (χ0v) is 14.8. The summed E-state index contributed by atoms with van der Waals surface area (Å²) in [6, 6.07) is 14.4. The van der Waals surface area contributed by atoms with Crippen molar-refractivity contribution < 1.29 is 0 Å². The Hall–Kier alpha value is -3.08. The maximum absolute atomic E-state index is 6.30. The Bertz CT molecular complexity index is 869. The van der Waals surface area contributed by atoms with Crippen LogP contribution in [0.1, 0.15) is 23.6 Å². The van der Waals surface area contributed by atoms with Crippen LogP contribution in [0, 0.1) is 13.8 Å². The molecular weight excluding hydrogens is 310 g/mol. The molecule has 0 aliphatic carbocycles. The minimum atomic E-state index is 0.493. The van der Waals surface area contributed by atoms with Crippen LogP contribution < -0.4 is 16.4 Å². The first-order chi connectivity index (χ1) is 12.1. The average molecular weight is 333 g/mol. The number of nitrogens with one attached hydrogen (secondary N) is 2. The molecule has 0 saturated heterocycles. The van der Waals surface area contributed by atoms with Gasteiger partial charge in [-0.1, -0.05) is 31.2 Å². The number of aryl methyl sites for hydroxylation is 3. The molecule has 0 aliphatic rings. The van der Waals surface area contributed by atoms with Crippen molar-refractivity contribution in [1.29, 1.82) is 0 Å². The van der Waals surface area contributed by atoms with Gasteiger partial charge in [0, 0.05) is 11.4 Å². The summed E-state index contributed by atoms with van der Waals surface area (Å²) in [6.45, 7) is 6.25. The summed E-state index contributed by atoms with van der Waals surface area (Å²) in [5.41, 5.74) is 12.3. The Morgan fingerprint density at radius 2 is 1.56 bits per heavy atom. The molecule has 0 radical (unpaired) electrons. The van der Waals surface area contributed by atoms with Crippen LogP contribution in [0.15, 0.2) is 48.8 Å². The second-order valence-corrected chi connectivity index (χ2v) is 6.12. The SMILES string of the molecule is CCc1ccccc1Nc1ncnc(Nc2cc(C)cc(C)c2)c1N. The van der Waals surface area contributed by atoms with Gasteiger partial charge in [-0.05, 0) is 55.2 Å². The Kier molecular flexibility index (Phi) is 4.84. The lowest BCUT2D eigenvalue weighted by molar-refractivity contribution is 1.13. The lowest BCUT2D eigenvalue weighted by Crippen LogP contribution is -2.06. The van der Waals surface area contributed by atoms with Crippen molar-refractivity contribution in [3.8, 4) is 0 Å². The van der Waals surface area contributed by atoms with E-state index in [2.05, 4.69) is 65.6 Å². The highest BCUT2D eigenvalue weighted by Crippen LogP contribution is 2.29. The third-order valence-corrected chi connectivity index (χ3v) is 4.02. The smallest absolute Gasteiger partial charge is 0.159 e. The Balaban J connectivity index is 1.89. The van der Waals surface area contributed by atoms with Gasteiger partial charge in [-0.15, -0.1) is 0 Å². The number of aromatic nitrogens is 2. The fourth-order valence-electron chi connectivity index (χ4n) is 2.86. The molecule has 0 bridgehead atoms. The summed E-state index contributed by atoms with van der Waals surface area (Å²) in [6.07, 6.45) is 2.44. The van der Waals surface area contributed by atoms with Crippen LogP contribution in [0.3, 0.4) is 0 Å². The first kappa shape index (κ1) is 16.8. The van der Waals surface area contributed by atoms with Crippen molar-refractivity contribution in [1.82, 2.24) is 9.97 Å². The molecule has 2 aromatic carbocycles. The van der Waals surface area contributed by atoms with Crippen molar-refractivity contribution in [3.05, 3.63) is 65.5 Å². The summed E-state index contributed by atoms with van der Waals surface area (Å²) in [5, 5.41) is 6.62. The van der Waals surface area contributed by atoms with Crippen molar-refractivity contribution in [2.75, 3.05) is 16.4 Å². The predicted molar refractivity (Wildman–Crippen MR) is 105 cm³/mol. The molecule has 0 amide bonds. The lowest BCUT2D eigenvalue weighted by atomic mass is 10.1. The third kappa shape index (κ3) is 3.88. The van der Waals surface area contributed by atoms with E-state index in [1.54, 1.807) is 0 Å². The third-order valence-electron chi connectivity index (χ3n) is 4.02. The fraction of sp³-hybridized carbons (Fsp3) is 0.200. The van der Waals surface area contributed by atoms with Crippen molar-refractivity contribution in [2.24, 2.45) is 0 Å².